The normalized spacial score (nSPS) is 11.2. The van der Waals surface area contributed by atoms with Crippen LogP contribution in [-0.4, -0.2) is 51.5 Å². The fourth-order valence-electron chi connectivity index (χ4n) is 3.03. The van der Waals surface area contributed by atoms with Crippen molar-refractivity contribution in [1.29, 1.82) is 0 Å². The van der Waals surface area contributed by atoms with Crippen LogP contribution in [0.3, 0.4) is 0 Å². The zero-order valence-electron chi connectivity index (χ0n) is 17.9. The van der Waals surface area contributed by atoms with Gasteiger partial charge in [0.1, 0.15) is 21.4 Å². The summed E-state index contributed by atoms with van der Waals surface area (Å²) in [5.74, 6) is -0.738. The monoisotopic (exact) mass is 424 g/mol. The minimum atomic E-state index is -1.74. The Morgan fingerprint density at radius 1 is 1.06 bits per heavy atom. The molecular formula is C23H22B2N4O3. The fraction of sp³-hybridized carbons (Fsp3) is 0.174. The van der Waals surface area contributed by atoms with Crippen molar-refractivity contribution in [1.82, 2.24) is 9.88 Å². The molecule has 3 N–H and O–H groups in total. The average Bonchev–Trinajstić information content (AvgIpc) is 2.74. The molecule has 0 atom stereocenters. The van der Waals surface area contributed by atoms with Gasteiger partial charge in [0.05, 0.1) is 11.8 Å². The van der Waals surface area contributed by atoms with Crippen molar-refractivity contribution in [3.05, 3.63) is 89.2 Å². The molecule has 0 saturated heterocycles. The first-order chi connectivity index (χ1) is 15.1. The molecule has 0 aliphatic heterocycles. The predicted molar refractivity (Wildman–Crippen MR) is 125 cm³/mol. The summed E-state index contributed by atoms with van der Waals surface area (Å²) in [6.45, 7) is 0.789. The van der Waals surface area contributed by atoms with Crippen LogP contribution in [0.15, 0.2) is 67.0 Å². The van der Waals surface area contributed by atoms with Crippen molar-refractivity contribution in [2.45, 2.75) is 11.9 Å². The summed E-state index contributed by atoms with van der Waals surface area (Å²) in [6.07, 6.45) is 2.68. The van der Waals surface area contributed by atoms with Gasteiger partial charge in [-0.2, -0.15) is 0 Å². The minimum absolute atomic E-state index is 0.163. The van der Waals surface area contributed by atoms with Gasteiger partial charge in [-0.15, -0.1) is 0 Å². The van der Waals surface area contributed by atoms with E-state index >= 15 is 0 Å². The third kappa shape index (κ3) is 5.98. The average molecular weight is 424 g/mol. The van der Waals surface area contributed by atoms with Crippen LogP contribution in [0.1, 0.15) is 31.8 Å². The number of aromatic nitrogens is 1. The van der Waals surface area contributed by atoms with Gasteiger partial charge >= 0.3 is 0 Å². The van der Waals surface area contributed by atoms with Gasteiger partial charge in [-0.25, -0.2) is 0 Å². The van der Waals surface area contributed by atoms with Gasteiger partial charge in [0.2, 0.25) is 5.91 Å². The number of nitrogens with two attached hydrogens (primary N) is 1. The standard InChI is InChI=1S/C23H22B2N4O3/c1-29(2)14-15-6-8-16(9-7-15)22(31)28-19-5-3-4-18(11-19)23(24,25)32-20-10-17(21(26)30)12-27-13-20/h3-13H,14H2,1-2H3,(H2,26,30)(H,28,31). The third-order valence-corrected chi connectivity index (χ3v) is 4.57. The molecule has 2 aromatic carbocycles. The second kappa shape index (κ2) is 9.70. The molecule has 0 spiro atoms. The van der Waals surface area contributed by atoms with E-state index in [2.05, 4.69) is 15.2 Å². The molecular weight excluding hydrogens is 402 g/mol. The number of benzene rings is 2. The number of rotatable bonds is 8. The lowest BCUT2D eigenvalue weighted by molar-refractivity contribution is 0.0996. The molecule has 32 heavy (non-hydrogen) atoms. The van der Waals surface area contributed by atoms with Crippen LogP contribution in [0.5, 0.6) is 5.75 Å². The highest BCUT2D eigenvalue weighted by Gasteiger charge is 2.23. The first kappa shape index (κ1) is 23.1. The highest BCUT2D eigenvalue weighted by atomic mass is 16.5. The van der Waals surface area contributed by atoms with Crippen LogP contribution < -0.4 is 15.8 Å². The molecule has 1 aromatic heterocycles. The highest BCUT2D eigenvalue weighted by molar-refractivity contribution is 6.39. The number of hydrogen-bond donors (Lipinski definition) is 2. The van der Waals surface area contributed by atoms with Gasteiger partial charge in [0.25, 0.3) is 5.91 Å². The van der Waals surface area contributed by atoms with Gasteiger partial charge in [-0.05, 0) is 55.6 Å². The molecule has 2 amide bonds. The van der Waals surface area contributed by atoms with Crippen molar-refractivity contribution in [2.24, 2.45) is 5.73 Å². The number of hydrogen-bond acceptors (Lipinski definition) is 5. The molecule has 0 bridgehead atoms. The molecule has 4 radical (unpaired) electrons. The summed E-state index contributed by atoms with van der Waals surface area (Å²) in [7, 11) is 16.3. The Hall–Kier alpha value is -3.58. The molecule has 7 nitrogen and oxygen atoms in total. The van der Waals surface area contributed by atoms with E-state index in [1.807, 2.05) is 26.2 Å². The SMILES string of the molecule is [B]C([B])(Oc1cncc(C(N)=O)c1)c1cccc(NC(=O)c2ccc(CN(C)C)cc2)c1. The summed E-state index contributed by atoms with van der Waals surface area (Å²) in [6, 6.07) is 15.5. The number of pyridine rings is 1. The summed E-state index contributed by atoms with van der Waals surface area (Å²) in [4.78, 5) is 29.9. The lowest BCUT2D eigenvalue weighted by Crippen LogP contribution is -2.34. The molecule has 0 unspecified atom stereocenters. The topological polar surface area (TPSA) is 97.5 Å². The van der Waals surface area contributed by atoms with Gasteiger partial charge < -0.3 is 20.7 Å². The molecule has 0 fully saturated rings. The van der Waals surface area contributed by atoms with Crippen LogP contribution in [0.25, 0.3) is 0 Å². The Bertz CT molecular complexity index is 1120. The van der Waals surface area contributed by atoms with Crippen molar-refractivity contribution < 1.29 is 14.3 Å². The van der Waals surface area contributed by atoms with Crippen LogP contribution in [0.2, 0.25) is 0 Å². The van der Waals surface area contributed by atoms with Gasteiger partial charge in [-0.3, -0.25) is 14.6 Å². The van der Waals surface area contributed by atoms with E-state index < -0.39 is 11.3 Å². The molecule has 0 aliphatic rings. The lowest BCUT2D eigenvalue weighted by Gasteiger charge is -2.29. The quantitative estimate of drug-likeness (QED) is 0.540. The van der Waals surface area contributed by atoms with E-state index in [1.165, 1.54) is 18.5 Å². The number of carbonyl (C=O) groups is 2. The Labute approximate surface area is 189 Å². The zero-order valence-corrected chi connectivity index (χ0v) is 17.9. The van der Waals surface area contributed by atoms with Crippen molar-refractivity contribution in [3.8, 4) is 5.75 Å². The van der Waals surface area contributed by atoms with Crippen LogP contribution in [0, 0.1) is 0 Å². The molecule has 3 rings (SSSR count). The number of primary amides is 1. The number of carbonyl (C=O) groups excluding carboxylic acids is 2. The summed E-state index contributed by atoms with van der Waals surface area (Å²) in [5.41, 5.74) is 7.96. The third-order valence-electron chi connectivity index (χ3n) is 4.57. The molecule has 0 aliphatic carbocycles. The van der Waals surface area contributed by atoms with Crippen molar-refractivity contribution >= 4 is 33.2 Å². The molecule has 3 aromatic rings. The Morgan fingerprint density at radius 2 is 1.78 bits per heavy atom. The number of ether oxygens (including phenoxy) is 1. The number of anilines is 1. The van der Waals surface area contributed by atoms with E-state index in [9.17, 15) is 9.59 Å². The molecule has 9 heteroatoms. The number of nitrogens with zero attached hydrogens (tertiary/aromatic N) is 2. The van der Waals surface area contributed by atoms with Crippen LogP contribution in [-0.2, 0) is 11.9 Å². The first-order valence-electron chi connectivity index (χ1n) is 9.81. The van der Waals surface area contributed by atoms with E-state index in [-0.39, 0.29) is 17.2 Å². The zero-order chi connectivity index (χ0) is 23.3. The first-order valence-corrected chi connectivity index (χ1v) is 9.81. The van der Waals surface area contributed by atoms with Crippen molar-refractivity contribution in [3.63, 3.8) is 0 Å². The second-order valence-electron chi connectivity index (χ2n) is 7.64. The summed E-state index contributed by atoms with van der Waals surface area (Å²) >= 11 is 0. The number of amides is 2. The molecule has 158 valence electrons. The Kier molecular flexibility index (Phi) is 7.00. The molecule has 1 heterocycles. The fourth-order valence-corrected chi connectivity index (χ4v) is 3.03. The maximum absolute atomic E-state index is 12.6. The van der Waals surface area contributed by atoms with Crippen LogP contribution in [0.4, 0.5) is 5.69 Å². The lowest BCUT2D eigenvalue weighted by atomic mass is 9.61. The van der Waals surface area contributed by atoms with E-state index in [4.69, 9.17) is 26.2 Å². The predicted octanol–water partition coefficient (Wildman–Crippen LogP) is 2.02. The summed E-state index contributed by atoms with van der Waals surface area (Å²) in [5, 5.41) is 1.09. The Balaban J connectivity index is 1.73. The van der Waals surface area contributed by atoms with E-state index in [1.54, 1.807) is 36.4 Å². The number of nitrogens with one attached hydrogen (secondary N) is 1. The summed E-state index contributed by atoms with van der Waals surface area (Å²) < 4.78 is 5.64. The maximum Gasteiger partial charge on any atom is 0.255 e. The van der Waals surface area contributed by atoms with E-state index in [0.717, 1.165) is 12.1 Å². The van der Waals surface area contributed by atoms with Gasteiger partial charge in [0.15, 0.2) is 0 Å². The minimum Gasteiger partial charge on any atom is -0.501 e. The van der Waals surface area contributed by atoms with Gasteiger partial charge in [0, 0.05) is 29.4 Å². The highest BCUT2D eigenvalue weighted by Crippen LogP contribution is 2.25. The smallest absolute Gasteiger partial charge is 0.255 e. The Morgan fingerprint density at radius 3 is 2.44 bits per heavy atom. The van der Waals surface area contributed by atoms with Crippen molar-refractivity contribution in [2.75, 3.05) is 19.4 Å². The van der Waals surface area contributed by atoms with Crippen LogP contribution >= 0.6 is 0 Å². The van der Waals surface area contributed by atoms with Gasteiger partial charge in [-0.1, -0.05) is 24.3 Å². The van der Waals surface area contributed by atoms with E-state index in [0.29, 0.717) is 16.8 Å². The maximum atomic E-state index is 12.6. The second-order valence-corrected chi connectivity index (χ2v) is 7.64. The molecule has 0 saturated carbocycles. The largest absolute Gasteiger partial charge is 0.501 e.